The van der Waals surface area contributed by atoms with Gasteiger partial charge >= 0.3 is 0 Å². The molecule has 0 atom stereocenters. The van der Waals surface area contributed by atoms with Crippen LogP contribution in [0.15, 0.2) is 78.9 Å². The summed E-state index contributed by atoms with van der Waals surface area (Å²) < 4.78 is 0. The molecule has 0 saturated carbocycles. The van der Waals surface area contributed by atoms with E-state index in [0.717, 1.165) is 0 Å². The molecule has 0 N–H and O–H groups in total. The molecule has 0 saturated heterocycles. The van der Waals surface area contributed by atoms with E-state index < -0.39 is 0 Å². The summed E-state index contributed by atoms with van der Waals surface area (Å²) in [6.07, 6.45) is 0. The molecule has 0 nitrogen and oxygen atoms in total. The molecule has 4 rings (SSSR count). The Balaban J connectivity index is 2.06. The molecular formula is C24H22. The SMILES string of the molecule is CC(C)(C)c1cc2cc(-c3ccccc3)ccc2c2ccccc12. The van der Waals surface area contributed by atoms with Crippen LogP contribution in [0.5, 0.6) is 0 Å². The molecule has 0 aromatic heterocycles. The van der Waals surface area contributed by atoms with Crippen LogP contribution in [0.2, 0.25) is 0 Å². The monoisotopic (exact) mass is 310 g/mol. The van der Waals surface area contributed by atoms with Crippen molar-refractivity contribution in [3.05, 3.63) is 84.4 Å². The van der Waals surface area contributed by atoms with E-state index >= 15 is 0 Å². The van der Waals surface area contributed by atoms with E-state index in [1.54, 1.807) is 0 Å². The molecular weight excluding hydrogens is 288 g/mol. The fourth-order valence-corrected chi connectivity index (χ4v) is 3.54. The Bertz CT molecular complexity index is 1020. The third kappa shape index (κ3) is 2.49. The zero-order chi connectivity index (χ0) is 16.7. The minimum atomic E-state index is 0.122. The summed E-state index contributed by atoms with van der Waals surface area (Å²) >= 11 is 0. The lowest BCUT2D eigenvalue weighted by atomic mass is 9.81. The molecule has 0 unspecified atom stereocenters. The van der Waals surface area contributed by atoms with Gasteiger partial charge in [0.2, 0.25) is 0 Å². The Hall–Kier alpha value is -2.60. The van der Waals surface area contributed by atoms with Gasteiger partial charge in [-0.15, -0.1) is 0 Å². The zero-order valence-electron chi connectivity index (χ0n) is 14.5. The third-order valence-corrected chi connectivity index (χ3v) is 4.77. The zero-order valence-corrected chi connectivity index (χ0v) is 14.5. The maximum atomic E-state index is 2.38. The van der Waals surface area contributed by atoms with E-state index in [4.69, 9.17) is 0 Å². The Kier molecular flexibility index (Phi) is 3.42. The van der Waals surface area contributed by atoms with Gasteiger partial charge in [-0.2, -0.15) is 0 Å². The van der Waals surface area contributed by atoms with Crippen molar-refractivity contribution < 1.29 is 0 Å². The molecule has 0 aliphatic carbocycles. The minimum Gasteiger partial charge on any atom is -0.0622 e. The predicted octanol–water partition coefficient (Wildman–Crippen LogP) is 6.96. The Morgan fingerprint density at radius 1 is 0.542 bits per heavy atom. The quantitative estimate of drug-likeness (QED) is 0.333. The van der Waals surface area contributed by atoms with E-state index in [1.165, 1.54) is 38.2 Å². The van der Waals surface area contributed by atoms with E-state index in [1.807, 2.05) is 0 Å². The second-order valence-corrected chi connectivity index (χ2v) is 7.52. The molecule has 0 amide bonds. The van der Waals surface area contributed by atoms with E-state index in [-0.39, 0.29) is 5.41 Å². The lowest BCUT2D eigenvalue weighted by molar-refractivity contribution is 0.596. The molecule has 0 heterocycles. The van der Waals surface area contributed by atoms with Gasteiger partial charge in [-0.3, -0.25) is 0 Å². The lowest BCUT2D eigenvalue weighted by Gasteiger charge is -2.23. The van der Waals surface area contributed by atoms with Crippen LogP contribution in [0.1, 0.15) is 26.3 Å². The van der Waals surface area contributed by atoms with Crippen molar-refractivity contribution in [1.82, 2.24) is 0 Å². The molecule has 118 valence electrons. The van der Waals surface area contributed by atoms with Crippen LogP contribution in [-0.2, 0) is 5.41 Å². The van der Waals surface area contributed by atoms with Gasteiger partial charge < -0.3 is 0 Å². The molecule has 0 bridgehead atoms. The Morgan fingerprint density at radius 3 is 1.92 bits per heavy atom. The Labute approximate surface area is 143 Å². The van der Waals surface area contributed by atoms with Crippen LogP contribution in [-0.4, -0.2) is 0 Å². The number of fused-ring (bicyclic) bond motifs is 3. The van der Waals surface area contributed by atoms with Crippen molar-refractivity contribution in [2.24, 2.45) is 0 Å². The van der Waals surface area contributed by atoms with Crippen molar-refractivity contribution in [2.45, 2.75) is 26.2 Å². The standard InChI is InChI=1S/C24H22/c1-24(2,3)23-16-19-15-18(17-9-5-4-6-10-17)13-14-20(19)21-11-7-8-12-22(21)23/h4-16H,1-3H3. The summed E-state index contributed by atoms with van der Waals surface area (Å²) in [6.45, 7) is 6.88. The maximum Gasteiger partial charge on any atom is -0.0102 e. The highest BCUT2D eigenvalue weighted by Crippen LogP contribution is 2.36. The van der Waals surface area contributed by atoms with Gasteiger partial charge in [0.05, 0.1) is 0 Å². The van der Waals surface area contributed by atoms with Crippen molar-refractivity contribution in [3.63, 3.8) is 0 Å². The highest BCUT2D eigenvalue weighted by Gasteiger charge is 2.18. The van der Waals surface area contributed by atoms with Gasteiger partial charge in [-0.25, -0.2) is 0 Å². The molecule has 24 heavy (non-hydrogen) atoms. The molecule has 0 aliphatic heterocycles. The van der Waals surface area contributed by atoms with E-state index in [2.05, 4.69) is 99.6 Å². The van der Waals surface area contributed by atoms with Crippen molar-refractivity contribution in [1.29, 1.82) is 0 Å². The number of benzene rings is 4. The van der Waals surface area contributed by atoms with Crippen molar-refractivity contribution in [3.8, 4) is 11.1 Å². The van der Waals surface area contributed by atoms with Crippen LogP contribution in [0, 0.1) is 0 Å². The van der Waals surface area contributed by atoms with Crippen LogP contribution < -0.4 is 0 Å². The first kappa shape index (κ1) is 15.0. The summed E-state index contributed by atoms with van der Waals surface area (Å²) in [5.74, 6) is 0. The van der Waals surface area contributed by atoms with Crippen LogP contribution in [0.4, 0.5) is 0 Å². The van der Waals surface area contributed by atoms with Gasteiger partial charge in [0.1, 0.15) is 0 Å². The van der Waals surface area contributed by atoms with E-state index in [9.17, 15) is 0 Å². The second-order valence-electron chi connectivity index (χ2n) is 7.52. The molecule has 0 spiro atoms. The molecule has 4 aromatic carbocycles. The van der Waals surface area contributed by atoms with E-state index in [0.29, 0.717) is 0 Å². The predicted molar refractivity (Wildman–Crippen MR) is 106 cm³/mol. The number of hydrogen-bond donors (Lipinski definition) is 0. The van der Waals surface area contributed by atoms with Gasteiger partial charge in [0.15, 0.2) is 0 Å². The highest BCUT2D eigenvalue weighted by atomic mass is 14.2. The summed E-state index contributed by atoms with van der Waals surface area (Å²) in [5.41, 5.74) is 4.08. The smallest absolute Gasteiger partial charge is 0.0102 e. The summed E-state index contributed by atoms with van der Waals surface area (Å²) in [7, 11) is 0. The van der Waals surface area contributed by atoms with Gasteiger partial charge in [0, 0.05) is 0 Å². The van der Waals surface area contributed by atoms with Gasteiger partial charge in [-0.05, 0) is 55.8 Å². The molecule has 0 radical (unpaired) electrons. The summed E-state index contributed by atoms with van der Waals surface area (Å²) in [5, 5.41) is 5.36. The topological polar surface area (TPSA) is 0 Å². The molecule has 0 fully saturated rings. The summed E-state index contributed by atoms with van der Waals surface area (Å²) in [4.78, 5) is 0. The fraction of sp³-hybridized carbons (Fsp3) is 0.167. The maximum absolute atomic E-state index is 2.38. The first-order valence-corrected chi connectivity index (χ1v) is 8.55. The minimum absolute atomic E-state index is 0.122. The highest BCUT2D eigenvalue weighted by molar-refractivity contribution is 6.10. The van der Waals surface area contributed by atoms with Gasteiger partial charge in [0.25, 0.3) is 0 Å². The van der Waals surface area contributed by atoms with Crippen LogP contribution in [0.3, 0.4) is 0 Å². The molecule has 0 heteroatoms. The fourth-order valence-electron chi connectivity index (χ4n) is 3.54. The molecule has 0 aliphatic rings. The van der Waals surface area contributed by atoms with Crippen LogP contribution in [0.25, 0.3) is 32.7 Å². The number of hydrogen-bond acceptors (Lipinski definition) is 0. The van der Waals surface area contributed by atoms with Crippen LogP contribution >= 0.6 is 0 Å². The summed E-state index contributed by atoms with van der Waals surface area (Å²) in [6, 6.07) is 28.6. The normalized spacial score (nSPS) is 12.0. The Morgan fingerprint density at radius 2 is 1.21 bits per heavy atom. The first-order chi connectivity index (χ1) is 11.5. The van der Waals surface area contributed by atoms with Crippen molar-refractivity contribution in [2.75, 3.05) is 0 Å². The third-order valence-electron chi connectivity index (χ3n) is 4.77. The largest absolute Gasteiger partial charge is 0.0622 e. The van der Waals surface area contributed by atoms with Crippen molar-refractivity contribution >= 4 is 21.5 Å². The lowest BCUT2D eigenvalue weighted by Crippen LogP contribution is -2.11. The number of rotatable bonds is 1. The first-order valence-electron chi connectivity index (χ1n) is 8.55. The average molecular weight is 310 g/mol. The second kappa shape index (κ2) is 5.49. The molecule has 4 aromatic rings. The van der Waals surface area contributed by atoms with Gasteiger partial charge in [-0.1, -0.05) is 87.5 Å². The average Bonchev–Trinajstić information content (AvgIpc) is 2.60.